The molecule has 0 radical (unpaired) electrons. The smallest absolute Gasteiger partial charge is 0.253 e. The molecular formula is C21H24N4O. The van der Waals surface area contributed by atoms with E-state index in [9.17, 15) is 4.79 Å². The minimum absolute atomic E-state index is 0.0405. The van der Waals surface area contributed by atoms with Crippen LogP contribution in [0.15, 0.2) is 24.3 Å². The molecule has 0 unspecified atom stereocenters. The summed E-state index contributed by atoms with van der Waals surface area (Å²) >= 11 is 0. The van der Waals surface area contributed by atoms with Gasteiger partial charge in [-0.2, -0.15) is 5.26 Å². The Morgan fingerprint density at radius 2 is 1.85 bits per heavy atom. The van der Waals surface area contributed by atoms with E-state index in [1.807, 2.05) is 43.0 Å². The van der Waals surface area contributed by atoms with E-state index >= 15 is 0 Å². The highest BCUT2D eigenvalue weighted by Crippen LogP contribution is 2.25. The second-order valence-corrected chi connectivity index (χ2v) is 6.81. The molecule has 134 valence electrons. The number of hydrogen-bond acceptors (Lipinski definition) is 4. The molecule has 5 heteroatoms. The monoisotopic (exact) mass is 348 g/mol. The van der Waals surface area contributed by atoms with Gasteiger partial charge >= 0.3 is 0 Å². The highest BCUT2D eigenvalue weighted by atomic mass is 16.2. The zero-order chi connectivity index (χ0) is 18.7. The Balaban J connectivity index is 1.81. The molecule has 3 rings (SSSR count). The molecule has 1 aliphatic heterocycles. The maximum atomic E-state index is 12.7. The van der Waals surface area contributed by atoms with Crippen molar-refractivity contribution in [1.29, 1.82) is 5.26 Å². The Morgan fingerprint density at radius 1 is 1.19 bits per heavy atom. The van der Waals surface area contributed by atoms with Gasteiger partial charge in [-0.1, -0.05) is 19.1 Å². The molecule has 5 nitrogen and oxygen atoms in total. The first-order valence-electron chi connectivity index (χ1n) is 9.17. The average molecular weight is 348 g/mol. The quantitative estimate of drug-likeness (QED) is 0.848. The molecule has 2 aromatic rings. The molecule has 1 aliphatic rings. The van der Waals surface area contributed by atoms with Gasteiger partial charge in [-0.05, 0) is 50.8 Å². The third kappa shape index (κ3) is 3.60. The second kappa shape index (κ2) is 7.65. The van der Waals surface area contributed by atoms with E-state index in [1.165, 1.54) is 0 Å². The van der Waals surface area contributed by atoms with Crippen LogP contribution in [0.1, 0.15) is 47.2 Å². The van der Waals surface area contributed by atoms with Crippen molar-refractivity contribution in [3.05, 3.63) is 46.9 Å². The third-order valence-corrected chi connectivity index (χ3v) is 5.05. The van der Waals surface area contributed by atoms with Crippen molar-refractivity contribution in [3.63, 3.8) is 0 Å². The van der Waals surface area contributed by atoms with Crippen LogP contribution >= 0.6 is 0 Å². The molecule has 26 heavy (non-hydrogen) atoms. The Kier molecular flexibility index (Phi) is 5.32. The van der Waals surface area contributed by atoms with E-state index in [4.69, 9.17) is 5.26 Å². The maximum absolute atomic E-state index is 12.7. The summed E-state index contributed by atoms with van der Waals surface area (Å²) in [4.78, 5) is 23.6. The summed E-state index contributed by atoms with van der Waals surface area (Å²) in [5, 5.41) is 8.99. The molecule has 1 aromatic carbocycles. The van der Waals surface area contributed by atoms with Crippen LogP contribution in [-0.2, 0) is 6.42 Å². The first kappa shape index (κ1) is 18.1. The van der Waals surface area contributed by atoms with Crippen LogP contribution in [0.3, 0.4) is 0 Å². The summed E-state index contributed by atoms with van der Waals surface area (Å²) < 4.78 is 0. The van der Waals surface area contributed by atoms with Crippen molar-refractivity contribution in [2.45, 2.75) is 40.0 Å². The van der Waals surface area contributed by atoms with E-state index in [2.05, 4.69) is 23.0 Å². The molecule has 0 saturated carbocycles. The number of benzene rings is 1. The fourth-order valence-electron chi connectivity index (χ4n) is 3.56. The maximum Gasteiger partial charge on any atom is 0.253 e. The lowest BCUT2D eigenvalue weighted by atomic mass is 9.97. The lowest BCUT2D eigenvalue weighted by Crippen LogP contribution is -2.38. The number of nitrogens with zero attached hydrogens (tertiary/aromatic N) is 4. The predicted molar refractivity (Wildman–Crippen MR) is 101 cm³/mol. The van der Waals surface area contributed by atoms with Crippen molar-refractivity contribution < 1.29 is 4.79 Å². The van der Waals surface area contributed by atoms with Crippen molar-refractivity contribution in [2.75, 3.05) is 13.1 Å². The molecule has 1 aromatic heterocycles. The first-order valence-corrected chi connectivity index (χ1v) is 9.17. The van der Waals surface area contributed by atoms with Gasteiger partial charge in [0.1, 0.15) is 5.82 Å². The predicted octanol–water partition coefficient (Wildman–Crippen LogP) is 3.70. The number of rotatable bonds is 3. The van der Waals surface area contributed by atoms with Crippen LogP contribution < -0.4 is 0 Å². The van der Waals surface area contributed by atoms with Crippen LogP contribution in [0.2, 0.25) is 0 Å². The Hall–Kier alpha value is -2.74. The Labute approximate surface area is 154 Å². The highest BCUT2D eigenvalue weighted by Gasteiger charge is 2.23. The molecule has 0 bridgehead atoms. The average Bonchev–Trinajstić information content (AvgIpc) is 2.67. The lowest BCUT2D eigenvalue weighted by Gasteiger charge is -2.29. The van der Waals surface area contributed by atoms with E-state index in [0.29, 0.717) is 18.7 Å². The van der Waals surface area contributed by atoms with Gasteiger partial charge in [-0.15, -0.1) is 0 Å². The van der Waals surface area contributed by atoms with Gasteiger partial charge in [-0.25, -0.2) is 9.97 Å². The summed E-state index contributed by atoms with van der Waals surface area (Å²) in [6.45, 7) is 7.33. The van der Waals surface area contributed by atoms with Gasteiger partial charge in [0.2, 0.25) is 0 Å². The molecule has 1 amide bonds. The number of carbonyl (C=O) groups is 1. The number of aromatic nitrogens is 2. The topological polar surface area (TPSA) is 69.9 Å². The summed E-state index contributed by atoms with van der Waals surface area (Å²) in [6, 6.07) is 9.98. The Bertz CT molecular complexity index is 844. The summed E-state index contributed by atoms with van der Waals surface area (Å²) in [5.74, 6) is 0.882. The van der Waals surface area contributed by atoms with Gasteiger partial charge in [0.05, 0.1) is 11.8 Å². The normalized spacial score (nSPS) is 14.9. The van der Waals surface area contributed by atoms with E-state index in [1.54, 1.807) is 0 Å². The second-order valence-electron chi connectivity index (χ2n) is 6.81. The molecule has 0 atom stereocenters. The number of hydrogen-bond donors (Lipinski definition) is 0. The fourth-order valence-corrected chi connectivity index (χ4v) is 3.56. The first-order chi connectivity index (χ1) is 12.5. The zero-order valence-electron chi connectivity index (χ0n) is 15.6. The number of piperidine rings is 1. The molecule has 2 heterocycles. The molecule has 0 aliphatic carbocycles. The molecule has 0 spiro atoms. The lowest BCUT2D eigenvalue weighted by molar-refractivity contribution is 0.0707. The van der Waals surface area contributed by atoms with Gasteiger partial charge in [-0.3, -0.25) is 4.79 Å². The Morgan fingerprint density at radius 3 is 2.42 bits per heavy atom. The standard InChI is InChI=1S/C21H24N4O/c1-4-19-14(2)23-15(3)24-20(19)17-5-7-18(8-6-17)21(26)25-11-9-16(13-22)10-12-25/h5-8,16H,4,9-12H2,1-3H3. The van der Waals surface area contributed by atoms with E-state index in [0.717, 1.165) is 47.6 Å². The van der Waals surface area contributed by atoms with Crippen molar-refractivity contribution in [2.24, 2.45) is 5.92 Å². The van der Waals surface area contributed by atoms with Gasteiger partial charge < -0.3 is 4.90 Å². The minimum atomic E-state index is 0.0405. The molecule has 0 N–H and O–H groups in total. The van der Waals surface area contributed by atoms with Crippen molar-refractivity contribution >= 4 is 5.91 Å². The highest BCUT2D eigenvalue weighted by molar-refractivity contribution is 5.94. The number of aryl methyl sites for hydroxylation is 2. The molecule has 1 saturated heterocycles. The summed E-state index contributed by atoms with van der Waals surface area (Å²) in [6.07, 6.45) is 2.40. The third-order valence-electron chi connectivity index (χ3n) is 5.05. The fraction of sp³-hybridized carbons (Fsp3) is 0.429. The van der Waals surface area contributed by atoms with Crippen molar-refractivity contribution in [1.82, 2.24) is 14.9 Å². The summed E-state index contributed by atoms with van der Waals surface area (Å²) in [7, 11) is 0. The molecule has 1 fully saturated rings. The minimum Gasteiger partial charge on any atom is -0.339 e. The van der Waals surface area contributed by atoms with E-state index in [-0.39, 0.29) is 11.8 Å². The van der Waals surface area contributed by atoms with E-state index < -0.39 is 0 Å². The van der Waals surface area contributed by atoms with Crippen LogP contribution in [0.25, 0.3) is 11.3 Å². The number of nitriles is 1. The van der Waals surface area contributed by atoms with Crippen LogP contribution in [0, 0.1) is 31.1 Å². The molecular weight excluding hydrogens is 324 g/mol. The summed E-state index contributed by atoms with van der Waals surface area (Å²) in [5.41, 5.74) is 4.80. The number of likely N-dealkylation sites (tertiary alicyclic amines) is 1. The van der Waals surface area contributed by atoms with Gasteiger partial charge in [0.15, 0.2) is 0 Å². The van der Waals surface area contributed by atoms with Crippen LogP contribution in [0.5, 0.6) is 0 Å². The number of amides is 1. The largest absolute Gasteiger partial charge is 0.339 e. The van der Waals surface area contributed by atoms with Crippen molar-refractivity contribution in [3.8, 4) is 17.3 Å². The van der Waals surface area contributed by atoms with Crippen LogP contribution in [-0.4, -0.2) is 33.9 Å². The number of carbonyl (C=O) groups excluding carboxylic acids is 1. The SMILES string of the molecule is CCc1c(C)nc(C)nc1-c1ccc(C(=O)N2CCC(C#N)CC2)cc1. The van der Waals surface area contributed by atoms with Crippen LogP contribution in [0.4, 0.5) is 0 Å². The zero-order valence-corrected chi connectivity index (χ0v) is 15.6. The van der Waals surface area contributed by atoms with Gasteiger partial charge in [0.25, 0.3) is 5.91 Å². The van der Waals surface area contributed by atoms with Gasteiger partial charge in [0, 0.05) is 35.8 Å².